The van der Waals surface area contributed by atoms with E-state index in [0.29, 0.717) is 11.7 Å². The van der Waals surface area contributed by atoms with Crippen LogP contribution in [-0.2, 0) is 9.53 Å². The van der Waals surface area contributed by atoms with Crippen molar-refractivity contribution in [2.24, 2.45) is 0 Å². The summed E-state index contributed by atoms with van der Waals surface area (Å²) >= 11 is 5.65. The molecule has 4 heterocycles. The first-order valence-electron chi connectivity index (χ1n) is 10.7. The maximum absolute atomic E-state index is 12.4. The lowest BCUT2D eigenvalue weighted by atomic mass is 9.97. The molecule has 4 rings (SSSR count). The Hall–Kier alpha value is -3.26. The van der Waals surface area contributed by atoms with Crippen molar-refractivity contribution >= 4 is 23.3 Å². The SMILES string of the molecule is CCOC(=O)CN1C(=S)NC(c2ccccn2)C1c1cc(C)n(-c2cc(C)ccn2)c1C. The highest BCUT2D eigenvalue weighted by Gasteiger charge is 2.42. The van der Waals surface area contributed by atoms with Crippen molar-refractivity contribution in [1.82, 2.24) is 24.8 Å². The number of carbonyl (C=O) groups is 1. The van der Waals surface area contributed by atoms with Crippen molar-refractivity contribution < 1.29 is 9.53 Å². The largest absolute Gasteiger partial charge is 0.465 e. The number of aromatic nitrogens is 3. The molecule has 7 nitrogen and oxygen atoms in total. The number of pyridine rings is 2. The second-order valence-corrected chi connectivity index (χ2v) is 8.30. The number of thiocarbonyl (C=S) groups is 1. The zero-order valence-corrected chi connectivity index (χ0v) is 19.5. The average Bonchev–Trinajstić information content (AvgIpc) is 3.24. The molecule has 1 saturated heterocycles. The minimum atomic E-state index is -0.308. The van der Waals surface area contributed by atoms with Gasteiger partial charge >= 0.3 is 5.97 Å². The molecule has 0 aliphatic carbocycles. The molecule has 1 N–H and O–H groups in total. The number of rotatable bonds is 6. The van der Waals surface area contributed by atoms with Gasteiger partial charge in [0.05, 0.1) is 24.4 Å². The molecule has 0 bridgehead atoms. The summed E-state index contributed by atoms with van der Waals surface area (Å²) in [4.78, 5) is 23.4. The molecule has 0 aromatic carbocycles. The second kappa shape index (κ2) is 9.08. The van der Waals surface area contributed by atoms with Crippen LogP contribution in [0.15, 0.2) is 48.8 Å². The van der Waals surface area contributed by atoms with Crippen LogP contribution in [0, 0.1) is 20.8 Å². The summed E-state index contributed by atoms with van der Waals surface area (Å²) in [7, 11) is 0. The van der Waals surface area contributed by atoms with Crippen LogP contribution in [0.4, 0.5) is 0 Å². The van der Waals surface area contributed by atoms with E-state index in [0.717, 1.165) is 34.0 Å². The Morgan fingerprint density at radius 3 is 2.66 bits per heavy atom. The normalized spacial score (nSPS) is 18.0. The van der Waals surface area contributed by atoms with Gasteiger partial charge in [0, 0.05) is 23.8 Å². The van der Waals surface area contributed by atoms with Gasteiger partial charge in [-0.25, -0.2) is 4.98 Å². The van der Waals surface area contributed by atoms with Crippen LogP contribution < -0.4 is 5.32 Å². The minimum Gasteiger partial charge on any atom is -0.465 e. The molecule has 0 spiro atoms. The van der Waals surface area contributed by atoms with Crippen LogP contribution in [0.2, 0.25) is 0 Å². The van der Waals surface area contributed by atoms with Crippen LogP contribution in [0.25, 0.3) is 5.82 Å². The van der Waals surface area contributed by atoms with Crippen molar-refractivity contribution in [2.75, 3.05) is 13.2 Å². The fraction of sp³-hybridized carbons (Fsp3) is 0.333. The van der Waals surface area contributed by atoms with Crippen molar-refractivity contribution in [1.29, 1.82) is 0 Å². The molecule has 3 aromatic rings. The molecule has 0 amide bonds. The third-order valence-electron chi connectivity index (χ3n) is 5.72. The summed E-state index contributed by atoms with van der Waals surface area (Å²) < 4.78 is 7.36. The van der Waals surface area contributed by atoms with E-state index >= 15 is 0 Å². The smallest absolute Gasteiger partial charge is 0.325 e. The Labute approximate surface area is 193 Å². The number of esters is 1. The second-order valence-electron chi connectivity index (χ2n) is 7.91. The minimum absolute atomic E-state index is 0.0695. The van der Waals surface area contributed by atoms with Crippen LogP contribution >= 0.6 is 12.2 Å². The lowest BCUT2D eigenvalue weighted by Crippen LogP contribution is -2.35. The quantitative estimate of drug-likeness (QED) is 0.454. The summed E-state index contributed by atoms with van der Waals surface area (Å²) in [6.07, 6.45) is 3.59. The van der Waals surface area contributed by atoms with E-state index in [1.54, 1.807) is 13.1 Å². The monoisotopic (exact) mass is 449 g/mol. The Morgan fingerprint density at radius 2 is 1.97 bits per heavy atom. The van der Waals surface area contributed by atoms with Gasteiger partial charge < -0.3 is 19.5 Å². The number of nitrogens with zero attached hydrogens (tertiary/aromatic N) is 4. The predicted molar refractivity (Wildman–Crippen MR) is 127 cm³/mol. The van der Waals surface area contributed by atoms with Crippen LogP contribution in [0.1, 0.15) is 47.2 Å². The number of aryl methyl sites for hydroxylation is 2. The Bertz CT molecular complexity index is 1140. The van der Waals surface area contributed by atoms with E-state index in [2.05, 4.69) is 52.8 Å². The van der Waals surface area contributed by atoms with E-state index in [4.69, 9.17) is 17.0 Å². The van der Waals surface area contributed by atoms with Gasteiger partial charge in [0.25, 0.3) is 0 Å². The van der Waals surface area contributed by atoms with E-state index in [1.807, 2.05) is 35.4 Å². The number of carbonyl (C=O) groups excluding carboxylic acids is 1. The topological polar surface area (TPSA) is 72.3 Å². The molecule has 8 heteroatoms. The molecular weight excluding hydrogens is 422 g/mol. The van der Waals surface area contributed by atoms with Gasteiger partial charge in [-0.1, -0.05) is 6.07 Å². The summed E-state index contributed by atoms with van der Waals surface area (Å²) in [6.45, 7) is 8.39. The van der Waals surface area contributed by atoms with Crippen LogP contribution in [-0.4, -0.2) is 43.7 Å². The highest BCUT2D eigenvalue weighted by Crippen LogP contribution is 2.41. The highest BCUT2D eigenvalue weighted by molar-refractivity contribution is 7.80. The molecule has 0 radical (unpaired) electrons. The molecule has 2 atom stereocenters. The van der Waals surface area contributed by atoms with Gasteiger partial charge in [0.1, 0.15) is 12.4 Å². The van der Waals surface area contributed by atoms with E-state index in [9.17, 15) is 4.79 Å². The molecule has 1 fully saturated rings. The first-order valence-corrected chi connectivity index (χ1v) is 11.1. The summed E-state index contributed by atoms with van der Waals surface area (Å²) in [5, 5.41) is 3.89. The average molecular weight is 450 g/mol. The van der Waals surface area contributed by atoms with Crippen molar-refractivity contribution in [3.8, 4) is 5.82 Å². The molecule has 0 saturated carbocycles. The zero-order valence-electron chi connectivity index (χ0n) is 18.7. The van der Waals surface area contributed by atoms with Gasteiger partial charge in [-0.15, -0.1) is 0 Å². The Balaban J connectivity index is 1.81. The fourth-order valence-electron chi connectivity index (χ4n) is 4.34. The molecule has 1 aliphatic heterocycles. The molecule has 166 valence electrons. The highest BCUT2D eigenvalue weighted by atomic mass is 32.1. The summed E-state index contributed by atoms with van der Waals surface area (Å²) in [5.74, 6) is 0.559. The third-order valence-corrected chi connectivity index (χ3v) is 6.07. The Morgan fingerprint density at radius 1 is 1.16 bits per heavy atom. The van der Waals surface area contributed by atoms with E-state index in [-0.39, 0.29) is 24.6 Å². The van der Waals surface area contributed by atoms with Gasteiger partial charge in [0.2, 0.25) is 0 Å². The molecule has 2 unspecified atom stereocenters. The van der Waals surface area contributed by atoms with Gasteiger partial charge in [-0.3, -0.25) is 9.78 Å². The van der Waals surface area contributed by atoms with Crippen LogP contribution in [0.5, 0.6) is 0 Å². The lowest BCUT2D eigenvalue weighted by molar-refractivity contribution is -0.143. The van der Waals surface area contributed by atoms with Gasteiger partial charge in [-0.2, -0.15) is 0 Å². The maximum Gasteiger partial charge on any atom is 0.325 e. The first-order chi connectivity index (χ1) is 15.4. The predicted octanol–water partition coefficient (Wildman–Crippen LogP) is 3.73. The number of ether oxygens (including phenoxy) is 1. The van der Waals surface area contributed by atoms with Crippen molar-refractivity contribution in [2.45, 2.75) is 39.8 Å². The molecular formula is C24H27N5O2S. The van der Waals surface area contributed by atoms with E-state index in [1.165, 1.54) is 0 Å². The number of hydrogen-bond donors (Lipinski definition) is 1. The van der Waals surface area contributed by atoms with Crippen LogP contribution in [0.3, 0.4) is 0 Å². The Kier molecular flexibility index (Phi) is 6.23. The van der Waals surface area contributed by atoms with Gasteiger partial charge in [0.15, 0.2) is 5.11 Å². The summed E-state index contributed by atoms with van der Waals surface area (Å²) in [5.41, 5.74) is 5.18. The molecule has 32 heavy (non-hydrogen) atoms. The standard InChI is InChI=1S/C24H27N5O2S/c1-5-31-21(30)14-28-23(22(27-24(28)32)19-8-6-7-10-25-19)18-13-16(3)29(17(18)4)20-12-15(2)9-11-26-20/h6-13,22-23H,5,14H2,1-4H3,(H,27,32). The summed E-state index contributed by atoms with van der Waals surface area (Å²) in [6, 6.07) is 11.6. The first kappa shape index (κ1) is 22.0. The lowest BCUT2D eigenvalue weighted by Gasteiger charge is -2.27. The fourth-order valence-corrected chi connectivity index (χ4v) is 4.65. The molecule has 3 aromatic heterocycles. The van der Waals surface area contributed by atoms with Gasteiger partial charge in [-0.05, 0) is 81.4 Å². The van der Waals surface area contributed by atoms with Crippen molar-refractivity contribution in [3.63, 3.8) is 0 Å². The van der Waals surface area contributed by atoms with Crippen molar-refractivity contribution in [3.05, 3.63) is 77.0 Å². The molecule has 1 aliphatic rings. The van der Waals surface area contributed by atoms with E-state index < -0.39 is 0 Å². The number of nitrogens with one attached hydrogen (secondary N) is 1. The third kappa shape index (κ3) is 4.10. The number of hydrogen-bond acceptors (Lipinski definition) is 5. The maximum atomic E-state index is 12.4. The zero-order chi connectivity index (χ0) is 22.8.